The summed E-state index contributed by atoms with van der Waals surface area (Å²) in [7, 11) is 0. The lowest BCUT2D eigenvalue weighted by molar-refractivity contribution is -0.164. The normalized spacial score (nSPS) is 12.6. The number of ether oxygens (including phenoxy) is 2. The van der Waals surface area contributed by atoms with Crippen molar-refractivity contribution in [3.8, 4) is 0 Å². The Morgan fingerprint density at radius 2 is 1.60 bits per heavy atom. The van der Waals surface area contributed by atoms with E-state index in [4.69, 9.17) is 15.2 Å². The molecule has 1 rings (SSSR count). The van der Waals surface area contributed by atoms with Gasteiger partial charge in [0, 0.05) is 0 Å². The molecule has 0 bridgehead atoms. The van der Waals surface area contributed by atoms with E-state index in [1.54, 1.807) is 0 Å². The van der Waals surface area contributed by atoms with Crippen LogP contribution in [0.5, 0.6) is 0 Å². The minimum absolute atomic E-state index is 0.0944. The van der Waals surface area contributed by atoms with Gasteiger partial charge in [-0.2, -0.15) is 13.2 Å². The van der Waals surface area contributed by atoms with Crippen LogP contribution >= 0.6 is 0 Å². The fourth-order valence-electron chi connectivity index (χ4n) is 2.26. The van der Waals surface area contributed by atoms with Crippen molar-refractivity contribution in [3.63, 3.8) is 0 Å². The molecule has 0 saturated heterocycles. The molecule has 138 valence electrons. The van der Waals surface area contributed by atoms with Crippen LogP contribution in [0.15, 0.2) is 24.3 Å². The number of esters is 2. The molecule has 0 aromatic heterocycles. The Morgan fingerprint density at radius 1 is 1.08 bits per heavy atom. The summed E-state index contributed by atoms with van der Waals surface area (Å²) in [5.74, 6) is -6.78. The van der Waals surface area contributed by atoms with Gasteiger partial charge in [0.25, 0.3) is 0 Å². The van der Waals surface area contributed by atoms with Crippen molar-refractivity contribution < 1.29 is 37.0 Å². The predicted octanol–water partition coefficient (Wildman–Crippen LogP) is 2.02. The second-order valence-electron chi connectivity index (χ2n) is 4.99. The molecule has 6 nitrogen and oxygen atoms in total. The van der Waals surface area contributed by atoms with E-state index < -0.39 is 41.4 Å². The quantitative estimate of drug-likeness (QED) is 0.592. The SMILES string of the molecule is CCOC(=O)C(C(=O)OCC)C(C(N)=O)c1cccc(C(F)(F)F)c1. The van der Waals surface area contributed by atoms with Gasteiger partial charge in [0.2, 0.25) is 5.91 Å². The van der Waals surface area contributed by atoms with E-state index >= 15 is 0 Å². The number of carbonyl (C=O) groups excluding carboxylic acids is 3. The van der Waals surface area contributed by atoms with Crippen molar-refractivity contribution in [3.05, 3.63) is 35.4 Å². The molecule has 0 aliphatic carbocycles. The number of hydrogen-bond donors (Lipinski definition) is 1. The molecule has 1 aromatic carbocycles. The predicted molar refractivity (Wildman–Crippen MR) is 80.1 cm³/mol. The third-order valence-corrected chi connectivity index (χ3v) is 3.29. The molecule has 9 heteroatoms. The van der Waals surface area contributed by atoms with Gasteiger partial charge in [-0.25, -0.2) is 0 Å². The van der Waals surface area contributed by atoms with Crippen molar-refractivity contribution in [1.29, 1.82) is 0 Å². The van der Waals surface area contributed by atoms with E-state index in [1.165, 1.54) is 19.9 Å². The first-order chi connectivity index (χ1) is 11.6. The van der Waals surface area contributed by atoms with Gasteiger partial charge < -0.3 is 15.2 Å². The third kappa shape index (κ3) is 5.20. The smallest absolute Gasteiger partial charge is 0.416 e. The highest BCUT2D eigenvalue weighted by atomic mass is 19.4. The molecule has 0 saturated carbocycles. The van der Waals surface area contributed by atoms with Crippen molar-refractivity contribution in [1.82, 2.24) is 0 Å². The number of benzene rings is 1. The van der Waals surface area contributed by atoms with Gasteiger partial charge in [-0.3, -0.25) is 14.4 Å². The van der Waals surface area contributed by atoms with Gasteiger partial charge in [-0.15, -0.1) is 0 Å². The number of halogens is 3. The molecule has 0 spiro atoms. The second-order valence-corrected chi connectivity index (χ2v) is 4.99. The molecule has 0 aliphatic rings. The van der Waals surface area contributed by atoms with Gasteiger partial charge in [0.15, 0.2) is 5.92 Å². The highest BCUT2D eigenvalue weighted by Gasteiger charge is 2.42. The van der Waals surface area contributed by atoms with Crippen LogP contribution in [0, 0.1) is 5.92 Å². The summed E-state index contributed by atoms with van der Waals surface area (Å²) in [6.07, 6.45) is -4.67. The van der Waals surface area contributed by atoms with Gasteiger partial charge in [-0.1, -0.05) is 18.2 Å². The molecule has 0 aliphatic heterocycles. The summed E-state index contributed by atoms with van der Waals surface area (Å²) in [5.41, 5.74) is 3.99. The minimum atomic E-state index is -4.67. The average molecular weight is 361 g/mol. The van der Waals surface area contributed by atoms with E-state index in [-0.39, 0.29) is 18.8 Å². The Balaban J connectivity index is 3.41. The van der Waals surface area contributed by atoms with Gasteiger partial charge >= 0.3 is 18.1 Å². The first kappa shape index (κ1) is 20.5. The molecule has 0 heterocycles. The molecule has 0 radical (unpaired) electrons. The summed E-state index contributed by atoms with van der Waals surface area (Å²) >= 11 is 0. The first-order valence-corrected chi connectivity index (χ1v) is 7.43. The number of primary amides is 1. The maximum atomic E-state index is 12.9. The second kappa shape index (κ2) is 8.50. The maximum Gasteiger partial charge on any atom is 0.416 e. The summed E-state index contributed by atoms with van der Waals surface area (Å²) in [5, 5.41) is 0. The van der Waals surface area contributed by atoms with Crippen LogP contribution in [-0.4, -0.2) is 31.1 Å². The molecule has 2 N–H and O–H groups in total. The van der Waals surface area contributed by atoms with E-state index in [2.05, 4.69) is 0 Å². The lowest BCUT2D eigenvalue weighted by Gasteiger charge is -2.22. The van der Waals surface area contributed by atoms with Crippen molar-refractivity contribution in [2.45, 2.75) is 25.9 Å². The van der Waals surface area contributed by atoms with Crippen LogP contribution in [0.3, 0.4) is 0 Å². The Hall–Kier alpha value is -2.58. The monoisotopic (exact) mass is 361 g/mol. The first-order valence-electron chi connectivity index (χ1n) is 7.43. The number of rotatable bonds is 7. The highest BCUT2D eigenvalue weighted by Crippen LogP contribution is 2.33. The lowest BCUT2D eigenvalue weighted by Crippen LogP contribution is -2.39. The zero-order chi connectivity index (χ0) is 19.2. The molecular weight excluding hydrogens is 343 g/mol. The lowest BCUT2D eigenvalue weighted by atomic mass is 9.84. The minimum Gasteiger partial charge on any atom is -0.465 e. The number of carbonyl (C=O) groups is 3. The number of alkyl halides is 3. The van der Waals surface area contributed by atoms with Crippen LogP contribution in [-0.2, 0) is 30.0 Å². The van der Waals surface area contributed by atoms with E-state index in [0.29, 0.717) is 6.07 Å². The summed E-state index contributed by atoms with van der Waals surface area (Å²) in [4.78, 5) is 36.1. The molecule has 1 atom stereocenters. The van der Waals surface area contributed by atoms with Crippen LogP contribution < -0.4 is 5.73 Å². The largest absolute Gasteiger partial charge is 0.465 e. The zero-order valence-electron chi connectivity index (χ0n) is 13.6. The zero-order valence-corrected chi connectivity index (χ0v) is 13.6. The van der Waals surface area contributed by atoms with E-state index in [0.717, 1.165) is 12.1 Å². The molecular formula is C16H18F3NO5. The maximum absolute atomic E-state index is 12.9. The highest BCUT2D eigenvalue weighted by molar-refractivity contribution is 6.02. The standard InChI is InChI=1S/C16H18F3NO5/c1-3-24-14(22)12(15(23)25-4-2)11(13(20)21)9-6-5-7-10(8-9)16(17,18)19/h5-8,11-12H,3-4H2,1-2H3,(H2,20,21). The van der Waals surface area contributed by atoms with Crippen molar-refractivity contribution >= 4 is 17.8 Å². The van der Waals surface area contributed by atoms with Crippen molar-refractivity contribution in [2.75, 3.05) is 13.2 Å². The van der Waals surface area contributed by atoms with Crippen LogP contribution in [0.25, 0.3) is 0 Å². The average Bonchev–Trinajstić information content (AvgIpc) is 2.51. The Kier molecular flexibility index (Phi) is 6.96. The fraction of sp³-hybridized carbons (Fsp3) is 0.438. The van der Waals surface area contributed by atoms with Gasteiger partial charge in [0.05, 0.1) is 24.7 Å². The summed E-state index contributed by atoms with van der Waals surface area (Å²) in [6, 6.07) is 3.70. The molecule has 1 amide bonds. The third-order valence-electron chi connectivity index (χ3n) is 3.29. The molecule has 0 fully saturated rings. The van der Waals surface area contributed by atoms with Crippen molar-refractivity contribution in [2.24, 2.45) is 11.7 Å². The molecule has 1 unspecified atom stereocenters. The number of nitrogens with two attached hydrogens (primary N) is 1. The number of hydrogen-bond acceptors (Lipinski definition) is 5. The van der Waals surface area contributed by atoms with E-state index in [9.17, 15) is 27.6 Å². The fourth-order valence-corrected chi connectivity index (χ4v) is 2.26. The van der Waals surface area contributed by atoms with E-state index in [1.807, 2.05) is 0 Å². The van der Waals surface area contributed by atoms with Gasteiger partial charge in [-0.05, 0) is 25.5 Å². The van der Waals surface area contributed by atoms with Crippen LogP contribution in [0.2, 0.25) is 0 Å². The topological polar surface area (TPSA) is 95.7 Å². The molecule has 1 aromatic rings. The van der Waals surface area contributed by atoms with Crippen LogP contribution in [0.4, 0.5) is 13.2 Å². The molecule has 25 heavy (non-hydrogen) atoms. The number of amides is 1. The Labute approximate surface area is 142 Å². The Bertz CT molecular complexity index is 627. The van der Waals surface area contributed by atoms with Crippen LogP contribution in [0.1, 0.15) is 30.9 Å². The summed E-state index contributed by atoms with van der Waals surface area (Å²) < 4.78 is 48.2. The van der Waals surface area contributed by atoms with Gasteiger partial charge in [0.1, 0.15) is 0 Å². The summed E-state index contributed by atoms with van der Waals surface area (Å²) in [6.45, 7) is 2.76. The Morgan fingerprint density at radius 3 is 2.00 bits per heavy atom.